The van der Waals surface area contributed by atoms with Crippen molar-refractivity contribution in [2.45, 2.75) is 13.8 Å². The van der Waals surface area contributed by atoms with Crippen molar-refractivity contribution in [3.8, 4) is 0 Å². The van der Waals surface area contributed by atoms with Crippen LogP contribution in [0.2, 0.25) is 0 Å². The minimum atomic E-state index is -0.376. The molecule has 23 heavy (non-hydrogen) atoms. The van der Waals surface area contributed by atoms with E-state index in [9.17, 15) is 9.59 Å². The molecule has 0 saturated carbocycles. The Morgan fingerprint density at radius 1 is 1.09 bits per heavy atom. The fourth-order valence-corrected chi connectivity index (χ4v) is 2.09. The van der Waals surface area contributed by atoms with E-state index >= 15 is 0 Å². The number of benzene rings is 1. The zero-order valence-corrected chi connectivity index (χ0v) is 13.1. The molecule has 1 heterocycles. The van der Waals surface area contributed by atoms with E-state index in [-0.39, 0.29) is 11.9 Å². The molecule has 1 amide bonds. The zero-order chi connectivity index (χ0) is 16.7. The van der Waals surface area contributed by atoms with E-state index in [2.05, 4.69) is 4.98 Å². The standard InChI is InChI=1S/C18H18N2O3/c1-3-23-18(22)9-6-15-4-7-16(8-5-15)20(14(2)21)17-10-12-19-13-11-17/h4-13H,3H2,1-2H3. The first-order valence-corrected chi connectivity index (χ1v) is 7.27. The number of hydrogen-bond donors (Lipinski definition) is 0. The molecule has 5 nitrogen and oxygen atoms in total. The van der Waals surface area contributed by atoms with E-state index in [0.29, 0.717) is 6.61 Å². The van der Waals surface area contributed by atoms with Crippen LogP contribution in [0.3, 0.4) is 0 Å². The Kier molecular flexibility index (Phi) is 5.63. The summed E-state index contributed by atoms with van der Waals surface area (Å²) in [7, 11) is 0. The fourth-order valence-electron chi connectivity index (χ4n) is 2.09. The molecule has 0 spiro atoms. The number of carbonyl (C=O) groups is 2. The molecule has 0 radical (unpaired) electrons. The highest BCUT2D eigenvalue weighted by Gasteiger charge is 2.13. The summed E-state index contributed by atoms with van der Waals surface area (Å²) in [5, 5.41) is 0. The number of aromatic nitrogens is 1. The summed E-state index contributed by atoms with van der Waals surface area (Å²) in [4.78, 5) is 28.8. The van der Waals surface area contributed by atoms with Gasteiger partial charge < -0.3 is 4.74 Å². The molecule has 2 rings (SSSR count). The van der Waals surface area contributed by atoms with Gasteiger partial charge in [0, 0.05) is 31.1 Å². The Balaban J connectivity index is 2.20. The van der Waals surface area contributed by atoms with Crippen LogP contribution >= 0.6 is 0 Å². The van der Waals surface area contributed by atoms with Crippen molar-refractivity contribution in [2.24, 2.45) is 0 Å². The number of rotatable bonds is 5. The van der Waals surface area contributed by atoms with Crippen LogP contribution in [0.1, 0.15) is 19.4 Å². The Morgan fingerprint density at radius 2 is 1.70 bits per heavy atom. The van der Waals surface area contributed by atoms with Gasteiger partial charge in [-0.2, -0.15) is 0 Å². The van der Waals surface area contributed by atoms with Gasteiger partial charge in [0.1, 0.15) is 0 Å². The quantitative estimate of drug-likeness (QED) is 0.628. The van der Waals surface area contributed by atoms with E-state index in [1.54, 1.807) is 42.4 Å². The number of anilines is 2. The summed E-state index contributed by atoms with van der Waals surface area (Å²) in [5.41, 5.74) is 2.35. The van der Waals surface area contributed by atoms with Crippen molar-refractivity contribution in [3.63, 3.8) is 0 Å². The van der Waals surface area contributed by atoms with Crippen LogP contribution in [0.5, 0.6) is 0 Å². The van der Waals surface area contributed by atoms with Gasteiger partial charge in [-0.1, -0.05) is 12.1 Å². The maximum absolute atomic E-state index is 11.9. The molecule has 0 unspecified atom stereocenters. The lowest BCUT2D eigenvalue weighted by atomic mass is 10.1. The predicted octanol–water partition coefficient (Wildman–Crippen LogP) is 3.34. The van der Waals surface area contributed by atoms with Gasteiger partial charge in [0.05, 0.1) is 12.3 Å². The molecule has 5 heteroatoms. The van der Waals surface area contributed by atoms with Gasteiger partial charge in [0.25, 0.3) is 0 Å². The molecule has 0 atom stereocenters. The van der Waals surface area contributed by atoms with Gasteiger partial charge >= 0.3 is 5.97 Å². The van der Waals surface area contributed by atoms with Crippen molar-refractivity contribution in [1.82, 2.24) is 4.98 Å². The second kappa shape index (κ2) is 7.89. The zero-order valence-electron chi connectivity index (χ0n) is 13.1. The maximum Gasteiger partial charge on any atom is 0.330 e. The summed E-state index contributed by atoms with van der Waals surface area (Å²) in [5.74, 6) is -0.468. The third-order valence-electron chi connectivity index (χ3n) is 3.09. The second-order valence-electron chi connectivity index (χ2n) is 4.74. The molecule has 0 aliphatic rings. The minimum Gasteiger partial charge on any atom is -0.463 e. The Morgan fingerprint density at radius 3 is 2.26 bits per heavy atom. The predicted molar refractivity (Wildman–Crippen MR) is 89.2 cm³/mol. The molecule has 0 bridgehead atoms. The average Bonchev–Trinajstić information content (AvgIpc) is 2.55. The molecule has 2 aromatic rings. The number of ether oxygens (including phenoxy) is 1. The summed E-state index contributed by atoms with van der Waals surface area (Å²) in [6.07, 6.45) is 6.33. The van der Waals surface area contributed by atoms with Crippen molar-refractivity contribution >= 4 is 29.3 Å². The monoisotopic (exact) mass is 310 g/mol. The molecule has 118 valence electrons. The second-order valence-corrected chi connectivity index (χ2v) is 4.74. The third kappa shape index (κ3) is 4.51. The van der Waals surface area contributed by atoms with Crippen LogP contribution in [0.25, 0.3) is 6.08 Å². The van der Waals surface area contributed by atoms with E-state index < -0.39 is 0 Å². The van der Waals surface area contributed by atoms with Crippen LogP contribution in [-0.2, 0) is 14.3 Å². The number of esters is 1. The van der Waals surface area contributed by atoms with Crippen LogP contribution in [0.15, 0.2) is 54.9 Å². The number of nitrogens with zero attached hydrogens (tertiary/aromatic N) is 2. The largest absolute Gasteiger partial charge is 0.463 e. The summed E-state index contributed by atoms with van der Waals surface area (Å²) < 4.78 is 4.83. The highest BCUT2D eigenvalue weighted by Crippen LogP contribution is 2.25. The first-order chi connectivity index (χ1) is 11.1. The summed E-state index contributed by atoms with van der Waals surface area (Å²) in [6, 6.07) is 10.9. The first kappa shape index (κ1) is 16.4. The van der Waals surface area contributed by atoms with E-state index in [1.165, 1.54) is 13.0 Å². The molecule has 1 aromatic heterocycles. The van der Waals surface area contributed by atoms with E-state index in [1.807, 2.05) is 24.3 Å². The van der Waals surface area contributed by atoms with Crippen LogP contribution in [0, 0.1) is 0 Å². The highest BCUT2D eigenvalue weighted by atomic mass is 16.5. The third-order valence-corrected chi connectivity index (χ3v) is 3.09. The lowest BCUT2D eigenvalue weighted by molar-refractivity contribution is -0.137. The fraction of sp³-hybridized carbons (Fsp3) is 0.167. The van der Waals surface area contributed by atoms with Gasteiger partial charge in [-0.15, -0.1) is 0 Å². The van der Waals surface area contributed by atoms with Crippen LogP contribution in [0.4, 0.5) is 11.4 Å². The first-order valence-electron chi connectivity index (χ1n) is 7.27. The molecule has 0 aliphatic heterocycles. The Labute approximate surface area is 135 Å². The van der Waals surface area contributed by atoms with Gasteiger partial charge in [-0.3, -0.25) is 14.7 Å². The van der Waals surface area contributed by atoms with Crippen molar-refractivity contribution < 1.29 is 14.3 Å². The summed E-state index contributed by atoms with van der Waals surface area (Å²) in [6.45, 7) is 3.62. The molecule has 0 aliphatic carbocycles. The van der Waals surface area contributed by atoms with E-state index in [0.717, 1.165) is 16.9 Å². The highest BCUT2D eigenvalue weighted by molar-refractivity contribution is 5.99. The lowest BCUT2D eigenvalue weighted by Gasteiger charge is -2.21. The number of pyridine rings is 1. The smallest absolute Gasteiger partial charge is 0.330 e. The molecule has 0 saturated heterocycles. The van der Waals surface area contributed by atoms with Crippen molar-refractivity contribution in [1.29, 1.82) is 0 Å². The topological polar surface area (TPSA) is 59.5 Å². The lowest BCUT2D eigenvalue weighted by Crippen LogP contribution is -2.22. The minimum absolute atomic E-state index is 0.0917. The normalized spacial score (nSPS) is 10.5. The Hall–Kier alpha value is -2.95. The van der Waals surface area contributed by atoms with Gasteiger partial charge in [-0.05, 0) is 42.8 Å². The number of carbonyl (C=O) groups excluding carboxylic acids is 2. The average molecular weight is 310 g/mol. The molecular weight excluding hydrogens is 292 g/mol. The SMILES string of the molecule is CCOC(=O)C=Cc1ccc(N(C(C)=O)c2ccncc2)cc1. The molecule has 1 aromatic carbocycles. The van der Waals surface area contributed by atoms with Crippen LogP contribution < -0.4 is 4.90 Å². The van der Waals surface area contributed by atoms with Crippen molar-refractivity contribution in [3.05, 3.63) is 60.4 Å². The maximum atomic E-state index is 11.9. The molecule has 0 fully saturated rings. The van der Waals surface area contributed by atoms with Gasteiger partial charge in [0.2, 0.25) is 5.91 Å². The van der Waals surface area contributed by atoms with Gasteiger partial charge in [0.15, 0.2) is 0 Å². The van der Waals surface area contributed by atoms with Gasteiger partial charge in [-0.25, -0.2) is 4.79 Å². The van der Waals surface area contributed by atoms with E-state index in [4.69, 9.17) is 4.74 Å². The van der Waals surface area contributed by atoms with Crippen molar-refractivity contribution in [2.75, 3.05) is 11.5 Å². The summed E-state index contributed by atoms with van der Waals surface area (Å²) >= 11 is 0. The number of amides is 1. The van der Waals surface area contributed by atoms with Crippen LogP contribution in [-0.4, -0.2) is 23.5 Å². The number of hydrogen-bond acceptors (Lipinski definition) is 4. The molecule has 0 N–H and O–H groups in total. The molecular formula is C18H18N2O3. The Bertz CT molecular complexity index is 694.